The Morgan fingerprint density at radius 1 is 1.38 bits per heavy atom. The minimum atomic E-state index is -0.570. The first-order valence-corrected chi connectivity index (χ1v) is 9.18. The highest BCUT2D eigenvalue weighted by molar-refractivity contribution is 14.1. The highest BCUT2D eigenvalue weighted by Gasteiger charge is 2.17. The summed E-state index contributed by atoms with van der Waals surface area (Å²) in [5.74, 6) is -0.570. The van der Waals surface area contributed by atoms with Crippen LogP contribution in [0.4, 0.5) is 0 Å². The van der Waals surface area contributed by atoms with E-state index in [1.807, 2.05) is 22.6 Å². The number of benzene rings is 1. The number of halogens is 3. The molecule has 0 aliphatic heterocycles. The summed E-state index contributed by atoms with van der Waals surface area (Å²) in [5.41, 5.74) is 0.609. The molecule has 1 aromatic carbocycles. The van der Waals surface area contributed by atoms with Gasteiger partial charge in [0.1, 0.15) is 6.61 Å². The van der Waals surface area contributed by atoms with Gasteiger partial charge < -0.3 is 4.74 Å². The van der Waals surface area contributed by atoms with Crippen molar-refractivity contribution >= 4 is 68.1 Å². The molecule has 2 aromatic heterocycles. The van der Waals surface area contributed by atoms with Crippen LogP contribution in [0.15, 0.2) is 23.0 Å². The van der Waals surface area contributed by atoms with E-state index in [2.05, 4.69) is 10.1 Å². The van der Waals surface area contributed by atoms with Crippen molar-refractivity contribution in [1.29, 1.82) is 0 Å². The lowest BCUT2D eigenvalue weighted by atomic mass is 10.2. The van der Waals surface area contributed by atoms with Gasteiger partial charge in [-0.15, -0.1) is 0 Å². The van der Waals surface area contributed by atoms with E-state index >= 15 is 0 Å². The van der Waals surface area contributed by atoms with Crippen LogP contribution in [-0.2, 0) is 11.3 Å². The number of aryl methyl sites for hydroxylation is 1. The minimum absolute atomic E-state index is 0.0778. The zero-order valence-electron chi connectivity index (χ0n) is 12.0. The van der Waals surface area contributed by atoms with Gasteiger partial charge in [0.2, 0.25) is 4.96 Å². The molecule has 0 amide bonds. The number of fused-ring (bicyclic) bond motifs is 1. The number of aromatic nitrogens is 3. The van der Waals surface area contributed by atoms with E-state index in [0.29, 0.717) is 29.3 Å². The molecule has 0 radical (unpaired) electrons. The van der Waals surface area contributed by atoms with Gasteiger partial charge in [-0.1, -0.05) is 34.5 Å². The topological polar surface area (TPSA) is 73.6 Å². The Bertz CT molecular complexity index is 1020. The summed E-state index contributed by atoms with van der Waals surface area (Å²) in [6.45, 7) is 1.65. The minimum Gasteiger partial charge on any atom is -0.455 e. The van der Waals surface area contributed by atoms with Crippen LogP contribution in [0.5, 0.6) is 0 Å². The summed E-state index contributed by atoms with van der Waals surface area (Å²) in [6, 6.07) is 4.43. The molecular formula is C14H8Cl2IN3O3S. The Kier molecular flexibility index (Phi) is 5.09. The van der Waals surface area contributed by atoms with Gasteiger partial charge in [0, 0.05) is 20.4 Å². The Hall–Kier alpha value is -1.23. The molecule has 2 heterocycles. The molecule has 0 bridgehead atoms. The number of hydrogen-bond donors (Lipinski definition) is 0. The van der Waals surface area contributed by atoms with Crippen LogP contribution in [0, 0.1) is 10.5 Å². The first-order valence-electron chi connectivity index (χ1n) is 6.53. The maximum Gasteiger partial charge on any atom is 0.339 e. The molecule has 0 saturated heterocycles. The smallest absolute Gasteiger partial charge is 0.339 e. The zero-order chi connectivity index (χ0) is 17.4. The average molecular weight is 496 g/mol. The number of esters is 1. The van der Waals surface area contributed by atoms with Crippen LogP contribution >= 0.6 is 57.1 Å². The van der Waals surface area contributed by atoms with Gasteiger partial charge in [0.15, 0.2) is 5.01 Å². The highest BCUT2D eigenvalue weighted by atomic mass is 127. The Morgan fingerprint density at radius 2 is 2.12 bits per heavy atom. The maximum absolute atomic E-state index is 12.2. The van der Waals surface area contributed by atoms with Gasteiger partial charge >= 0.3 is 5.97 Å². The first-order chi connectivity index (χ1) is 11.3. The van der Waals surface area contributed by atoms with Crippen LogP contribution in [0.3, 0.4) is 0 Å². The van der Waals surface area contributed by atoms with E-state index in [4.69, 9.17) is 27.9 Å². The fraction of sp³-hybridized carbons (Fsp3) is 0.143. The molecule has 10 heteroatoms. The molecule has 6 nitrogen and oxygen atoms in total. The van der Waals surface area contributed by atoms with Crippen LogP contribution in [0.2, 0.25) is 10.0 Å². The summed E-state index contributed by atoms with van der Waals surface area (Å²) in [7, 11) is 0. The number of carbonyl (C=O) groups is 1. The van der Waals surface area contributed by atoms with Gasteiger partial charge in [-0.2, -0.15) is 9.61 Å². The van der Waals surface area contributed by atoms with Gasteiger partial charge in [0.25, 0.3) is 5.56 Å². The molecule has 24 heavy (non-hydrogen) atoms. The number of rotatable bonds is 3. The second-order valence-electron chi connectivity index (χ2n) is 4.75. The predicted molar refractivity (Wildman–Crippen MR) is 100 cm³/mol. The van der Waals surface area contributed by atoms with E-state index in [-0.39, 0.29) is 17.7 Å². The van der Waals surface area contributed by atoms with Crippen molar-refractivity contribution in [3.63, 3.8) is 0 Å². The molecule has 124 valence electrons. The van der Waals surface area contributed by atoms with Gasteiger partial charge in [-0.3, -0.25) is 4.79 Å². The molecule has 0 unspecified atom stereocenters. The number of nitrogens with zero attached hydrogens (tertiary/aromatic N) is 3. The fourth-order valence-corrected chi connectivity index (χ4v) is 3.81. The van der Waals surface area contributed by atoms with Crippen LogP contribution in [0.1, 0.15) is 21.1 Å². The number of ether oxygens (including phenoxy) is 1. The Balaban J connectivity index is 1.82. The molecule has 3 rings (SSSR count). The third-order valence-corrected chi connectivity index (χ3v) is 5.83. The normalized spacial score (nSPS) is 11.0. The molecule has 0 aliphatic rings. The lowest BCUT2D eigenvalue weighted by Gasteiger charge is -2.06. The average Bonchev–Trinajstić information content (AvgIpc) is 2.91. The lowest BCUT2D eigenvalue weighted by molar-refractivity contribution is 0.0470. The maximum atomic E-state index is 12.2. The van der Waals surface area contributed by atoms with E-state index in [1.165, 1.54) is 28.0 Å². The van der Waals surface area contributed by atoms with Crippen molar-refractivity contribution < 1.29 is 9.53 Å². The second-order valence-corrected chi connectivity index (χ2v) is 7.71. The molecule has 0 N–H and O–H groups in total. The second kappa shape index (κ2) is 6.95. The predicted octanol–water partition coefficient (Wildman–Crippen LogP) is 3.73. The summed E-state index contributed by atoms with van der Waals surface area (Å²) in [4.78, 5) is 28.7. The SMILES string of the molecule is Cc1cc(=O)n2nc(COC(=O)c3cc(Cl)cc(Cl)c3I)sc2n1. The first kappa shape index (κ1) is 17.6. The quantitative estimate of drug-likeness (QED) is 0.314. The van der Waals surface area contributed by atoms with Crippen molar-refractivity contribution in [1.82, 2.24) is 14.6 Å². The van der Waals surface area contributed by atoms with Crippen LogP contribution in [0.25, 0.3) is 4.96 Å². The molecular weight excluding hydrogens is 488 g/mol. The highest BCUT2D eigenvalue weighted by Crippen LogP contribution is 2.27. The molecule has 0 aliphatic carbocycles. The molecule has 3 aromatic rings. The van der Waals surface area contributed by atoms with Crippen molar-refractivity contribution in [2.45, 2.75) is 13.5 Å². The van der Waals surface area contributed by atoms with Crippen molar-refractivity contribution in [3.05, 3.63) is 58.4 Å². The van der Waals surface area contributed by atoms with E-state index in [0.717, 1.165) is 0 Å². The van der Waals surface area contributed by atoms with Crippen molar-refractivity contribution in [2.75, 3.05) is 0 Å². The third kappa shape index (κ3) is 3.56. The molecule has 0 saturated carbocycles. The Labute approximate surface area is 163 Å². The van der Waals surface area contributed by atoms with Gasteiger partial charge in [-0.05, 0) is 41.6 Å². The van der Waals surface area contributed by atoms with E-state index < -0.39 is 5.97 Å². The summed E-state index contributed by atoms with van der Waals surface area (Å²) in [5, 5.41) is 5.29. The Morgan fingerprint density at radius 3 is 2.88 bits per heavy atom. The molecule has 0 atom stereocenters. The van der Waals surface area contributed by atoms with E-state index in [1.54, 1.807) is 13.0 Å². The summed E-state index contributed by atoms with van der Waals surface area (Å²) < 4.78 is 6.99. The summed E-state index contributed by atoms with van der Waals surface area (Å²) >= 11 is 15.1. The standard InChI is InChI=1S/C14H8Cl2IN3O3S/c1-6-2-11(21)20-14(18-6)24-10(19-20)5-23-13(22)8-3-7(15)4-9(16)12(8)17/h2-4H,5H2,1H3. The van der Waals surface area contributed by atoms with Crippen LogP contribution in [-0.4, -0.2) is 20.6 Å². The largest absolute Gasteiger partial charge is 0.455 e. The van der Waals surface area contributed by atoms with Crippen LogP contribution < -0.4 is 5.56 Å². The van der Waals surface area contributed by atoms with Gasteiger partial charge in [-0.25, -0.2) is 9.78 Å². The number of carbonyl (C=O) groups excluding carboxylic acids is 1. The van der Waals surface area contributed by atoms with Gasteiger partial charge in [0.05, 0.1) is 10.6 Å². The lowest BCUT2D eigenvalue weighted by Crippen LogP contribution is -2.14. The molecule has 0 fully saturated rings. The van der Waals surface area contributed by atoms with E-state index in [9.17, 15) is 9.59 Å². The monoisotopic (exact) mass is 495 g/mol. The summed E-state index contributed by atoms with van der Waals surface area (Å²) in [6.07, 6.45) is 0. The zero-order valence-corrected chi connectivity index (χ0v) is 16.5. The molecule has 0 spiro atoms. The van der Waals surface area contributed by atoms with Crippen molar-refractivity contribution in [3.8, 4) is 0 Å². The van der Waals surface area contributed by atoms with Crippen molar-refractivity contribution in [2.24, 2.45) is 0 Å². The number of hydrogen-bond acceptors (Lipinski definition) is 6. The third-order valence-electron chi connectivity index (χ3n) is 2.95. The fourth-order valence-electron chi connectivity index (χ4n) is 1.93.